The van der Waals surface area contributed by atoms with Crippen LogP contribution >= 0.6 is 23.5 Å². The Kier molecular flexibility index (Phi) is 7.88. The number of carboxylic acid groups (broad SMARTS) is 1. The molecule has 1 aromatic carbocycles. The van der Waals surface area contributed by atoms with E-state index in [4.69, 9.17) is 0 Å². The fourth-order valence-corrected chi connectivity index (χ4v) is 7.20. The molecule has 224 valence electrons. The van der Waals surface area contributed by atoms with Gasteiger partial charge in [0.15, 0.2) is 0 Å². The van der Waals surface area contributed by atoms with Crippen LogP contribution in [-0.2, 0) is 21.4 Å². The van der Waals surface area contributed by atoms with Crippen molar-refractivity contribution in [1.29, 1.82) is 0 Å². The van der Waals surface area contributed by atoms with Gasteiger partial charge in [-0.1, -0.05) is 48.2 Å². The van der Waals surface area contributed by atoms with Crippen molar-refractivity contribution in [3.05, 3.63) is 93.7 Å². The smallest absolute Gasteiger partial charge is 0.352 e. The summed E-state index contributed by atoms with van der Waals surface area (Å²) >= 11 is 2.56. The predicted octanol–water partition coefficient (Wildman–Crippen LogP) is 0.220. The Morgan fingerprint density at radius 3 is 2.64 bits per heavy atom. The number of nitrogens with one attached hydrogen (secondary N) is 2. The van der Waals surface area contributed by atoms with Crippen LogP contribution in [0.4, 0.5) is 0 Å². The normalized spacial score (nSPS) is 18.4. The lowest BCUT2D eigenvalue weighted by atomic mass is 10.0. The number of β-lactam (4-membered cyclic amide) rings is 1. The number of carboxylic acids is 1. The van der Waals surface area contributed by atoms with Gasteiger partial charge in [0.05, 0.1) is 0 Å². The number of aromatic nitrogens is 6. The van der Waals surface area contributed by atoms with Gasteiger partial charge in [0, 0.05) is 30.9 Å². The van der Waals surface area contributed by atoms with Gasteiger partial charge in [-0.15, -0.1) is 16.9 Å². The summed E-state index contributed by atoms with van der Waals surface area (Å²) in [6, 6.07) is 11.0. The van der Waals surface area contributed by atoms with E-state index in [2.05, 4.69) is 31.1 Å². The number of carbonyl (C=O) groups excluding carboxylic acids is 3. The Morgan fingerprint density at radius 1 is 1.14 bits per heavy atom. The molecular formula is C27H23N9O6S2. The minimum atomic E-state index is -1.27. The Morgan fingerprint density at radius 2 is 1.91 bits per heavy atom. The van der Waals surface area contributed by atoms with Crippen LogP contribution in [-0.4, -0.2) is 86.2 Å². The molecule has 15 nitrogen and oxygen atoms in total. The van der Waals surface area contributed by atoms with E-state index in [1.165, 1.54) is 43.7 Å². The zero-order valence-corrected chi connectivity index (χ0v) is 24.5. The zero-order valence-electron chi connectivity index (χ0n) is 22.9. The molecule has 0 bridgehead atoms. The van der Waals surface area contributed by atoms with Crippen LogP contribution in [0.25, 0.3) is 5.65 Å². The van der Waals surface area contributed by atoms with Crippen molar-refractivity contribution < 1.29 is 24.3 Å². The fourth-order valence-electron chi connectivity index (χ4n) is 4.86. The van der Waals surface area contributed by atoms with Crippen molar-refractivity contribution in [2.75, 3.05) is 11.5 Å². The van der Waals surface area contributed by atoms with Gasteiger partial charge in [-0.2, -0.15) is 0 Å². The van der Waals surface area contributed by atoms with Gasteiger partial charge in [-0.3, -0.25) is 28.5 Å². The maximum atomic E-state index is 13.6. The molecule has 1 saturated heterocycles. The molecule has 0 radical (unpaired) electrons. The number of aryl methyl sites for hydroxylation is 1. The number of aliphatic carboxylic acids is 1. The number of rotatable bonds is 9. The van der Waals surface area contributed by atoms with Crippen LogP contribution in [0.3, 0.4) is 0 Å². The SMILES string of the molecule is Cn1nnnc1SCC1=C(C(=O)O)N2C(=O)C(NC(=O)[C@H](NC(=O)c3cnc4ccccn4c3=O)c3ccccc3)[C@H]2SC1. The standard InChI is InChI=1S/C27H23N9O6S2/c1-34-27(31-32-33-34)44-13-15-12-43-25-19(24(40)36(25)20(15)26(41)42)30-22(38)18(14-7-3-2-4-8-14)29-21(37)16-11-28-17-9-5-6-10-35(17)23(16)39/h2-11,18-19,25H,12-13H2,1H3,(H,29,37)(H,30,38)(H,41,42)/t18-,19?,25-/m1/s1. The van der Waals surface area contributed by atoms with Crippen LogP contribution < -0.4 is 16.2 Å². The van der Waals surface area contributed by atoms with E-state index in [9.17, 15) is 29.1 Å². The predicted molar refractivity (Wildman–Crippen MR) is 157 cm³/mol. The number of amides is 3. The molecule has 3 N–H and O–H groups in total. The van der Waals surface area contributed by atoms with E-state index in [1.807, 2.05) is 0 Å². The summed E-state index contributed by atoms with van der Waals surface area (Å²) in [5.74, 6) is -2.82. The number of hydrogen-bond acceptors (Lipinski definition) is 11. The molecule has 5 heterocycles. The zero-order chi connectivity index (χ0) is 31.0. The van der Waals surface area contributed by atoms with Crippen molar-refractivity contribution in [2.45, 2.75) is 22.6 Å². The molecule has 1 unspecified atom stereocenters. The lowest BCUT2D eigenvalue weighted by Gasteiger charge is -2.49. The summed E-state index contributed by atoms with van der Waals surface area (Å²) in [6.45, 7) is 0. The average molecular weight is 634 g/mol. The molecule has 2 aliphatic rings. The first-order valence-corrected chi connectivity index (χ1v) is 15.2. The number of benzene rings is 1. The molecule has 2 aliphatic heterocycles. The molecule has 17 heteroatoms. The highest BCUT2D eigenvalue weighted by molar-refractivity contribution is 8.01. The third-order valence-corrected chi connectivity index (χ3v) is 9.47. The molecule has 4 aromatic rings. The third-order valence-electron chi connectivity index (χ3n) is 7.03. The van der Waals surface area contributed by atoms with Crippen molar-refractivity contribution >= 4 is 52.9 Å². The van der Waals surface area contributed by atoms with Gasteiger partial charge in [0.2, 0.25) is 11.1 Å². The maximum absolute atomic E-state index is 13.6. The monoisotopic (exact) mass is 633 g/mol. The van der Waals surface area contributed by atoms with E-state index < -0.39 is 46.7 Å². The second kappa shape index (κ2) is 11.9. The second-order valence-electron chi connectivity index (χ2n) is 9.75. The van der Waals surface area contributed by atoms with Gasteiger partial charge >= 0.3 is 5.97 Å². The highest BCUT2D eigenvalue weighted by Gasteiger charge is 2.54. The summed E-state index contributed by atoms with van der Waals surface area (Å²) < 4.78 is 2.68. The van der Waals surface area contributed by atoms with Crippen molar-refractivity contribution in [1.82, 2.24) is 45.1 Å². The summed E-state index contributed by atoms with van der Waals surface area (Å²) in [6.07, 6.45) is 2.63. The van der Waals surface area contributed by atoms with E-state index in [-0.39, 0.29) is 17.0 Å². The highest BCUT2D eigenvalue weighted by atomic mass is 32.2. The minimum absolute atomic E-state index is 0.135. The largest absolute Gasteiger partial charge is 0.477 e. The van der Waals surface area contributed by atoms with Gasteiger partial charge in [0.1, 0.15) is 34.4 Å². The fraction of sp³-hybridized carbons (Fsp3) is 0.222. The van der Waals surface area contributed by atoms with Crippen LogP contribution in [0.5, 0.6) is 0 Å². The number of tetrazole rings is 1. The molecule has 1 fully saturated rings. The first kappa shape index (κ1) is 29.1. The van der Waals surface area contributed by atoms with Crippen LogP contribution in [0, 0.1) is 0 Å². The molecular weight excluding hydrogens is 610 g/mol. The first-order valence-electron chi connectivity index (χ1n) is 13.1. The summed E-state index contributed by atoms with van der Waals surface area (Å²) in [5, 5.41) is 26.3. The van der Waals surface area contributed by atoms with Crippen molar-refractivity contribution in [3.63, 3.8) is 0 Å². The molecule has 3 atom stereocenters. The lowest BCUT2D eigenvalue weighted by molar-refractivity contribution is -0.151. The van der Waals surface area contributed by atoms with Crippen molar-refractivity contribution in [2.24, 2.45) is 7.05 Å². The first-order chi connectivity index (χ1) is 21.2. The molecule has 3 aromatic heterocycles. The number of pyridine rings is 1. The Labute approximate surface area is 256 Å². The second-order valence-corrected chi connectivity index (χ2v) is 11.8. The van der Waals surface area contributed by atoms with E-state index >= 15 is 0 Å². The highest BCUT2D eigenvalue weighted by Crippen LogP contribution is 2.41. The molecule has 3 amide bonds. The Hall–Kier alpha value is -5.03. The minimum Gasteiger partial charge on any atom is -0.477 e. The van der Waals surface area contributed by atoms with Gasteiger partial charge in [0.25, 0.3) is 17.4 Å². The van der Waals surface area contributed by atoms with Crippen LogP contribution in [0.2, 0.25) is 0 Å². The summed E-state index contributed by atoms with van der Waals surface area (Å²) in [7, 11) is 1.66. The molecule has 0 spiro atoms. The van der Waals surface area contributed by atoms with Gasteiger partial charge in [-0.05, 0) is 33.7 Å². The third kappa shape index (κ3) is 5.30. The Bertz CT molecular complexity index is 1890. The van der Waals surface area contributed by atoms with Gasteiger partial charge in [-0.25, -0.2) is 14.5 Å². The molecule has 0 saturated carbocycles. The maximum Gasteiger partial charge on any atom is 0.352 e. The molecule has 0 aliphatic carbocycles. The van der Waals surface area contributed by atoms with Crippen molar-refractivity contribution in [3.8, 4) is 0 Å². The Balaban J connectivity index is 1.21. The number of fused-ring (bicyclic) bond motifs is 2. The van der Waals surface area contributed by atoms with Crippen LogP contribution in [0.1, 0.15) is 22.0 Å². The number of hydrogen-bond donors (Lipinski definition) is 3. The molecule has 6 rings (SSSR count). The van der Waals surface area contributed by atoms with E-state index in [1.54, 1.807) is 55.6 Å². The topological polar surface area (TPSA) is 194 Å². The number of thioether (sulfide) groups is 2. The van der Waals surface area contributed by atoms with E-state index in [0.29, 0.717) is 27.7 Å². The van der Waals surface area contributed by atoms with Gasteiger partial charge < -0.3 is 15.7 Å². The van der Waals surface area contributed by atoms with Crippen LogP contribution in [0.15, 0.2) is 82.1 Å². The van der Waals surface area contributed by atoms with E-state index in [0.717, 1.165) is 6.20 Å². The average Bonchev–Trinajstić information content (AvgIpc) is 3.45. The quantitative estimate of drug-likeness (QED) is 0.168. The summed E-state index contributed by atoms with van der Waals surface area (Å²) in [4.78, 5) is 70.7. The summed E-state index contributed by atoms with van der Waals surface area (Å²) in [5.41, 5.74) is 0.275. The lowest BCUT2D eigenvalue weighted by Crippen LogP contribution is -2.71. The number of nitrogens with zero attached hydrogens (tertiary/aromatic N) is 7. The molecule has 44 heavy (non-hydrogen) atoms. The number of carbonyl (C=O) groups is 4.